The van der Waals surface area contributed by atoms with Crippen molar-refractivity contribution in [3.05, 3.63) is 35.0 Å². The van der Waals surface area contributed by atoms with E-state index < -0.39 is 0 Å². The van der Waals surface area contributed by atoms with Gasteiger partial charge in [-0.3, -0.25) is 9.69 Å². The summed E-state index contributed by atoms with van der Waals surface area (Å²) < 4.78 is 7.82. The van der Waals surface area contributed by atoms with Crippen molar-refractivity contribution in [1.29, 1.82) is 0 Å². The van der Waals surface area contributed by atoms with Crippen molar-refractivity contribution in [2.24, 2.45) is 5.41 Å². The molecule has 1 amide bonds. The third-order valence-corrected chi connectivity index (χ3v) is 6.38. The number of fused-ring (bicyclic) bond motifs is 3. The molecule has 2 heterocycles. The normalized spacial score (nSPS) is 19.5. The number of nitrogens with one attached hydrogen (secondary N) is 1. The van der Waals surface area contributed by atoms with Crippen molar-refractivity contribution in [2.45, 2.75) is 46.6 Å². The predicted octanol–water partition coefficient (Wildman–Crippen LogP) is 3.24. The average molecular weight is 384 g/mol. The number of benzene rings is 1. The van der Waals surface area contributed by atoms with Gasteiger partial charge in [0, 0.05) is 54.9 Å². The molecule has 1 saturated heterocycles. The van der Waals surface area contributed by atoms with Crippen LogP contribution in [0.2, 0.25) is 0 Å². The number of hydrogen-bond donors (Lipinski definition) is 1. The second kappa shape index (κ2) is 7.88. The largest absolute Gasteiger partial charge is 0.379 e. The molecule has 2 aliphatic rings. The zero-order valence-corrected chi connectivity index (χ0v) is 17.5. The Morgan fingerprint density at radius 3 is 2.79 bits per heavy atom. The molecule has 5 heteroatoms. The van der Waals surface area contributed by atoms with Crippen molar-refractivity contribution in [3.63, 3.8) is 0 Å². The Bertz CT molecular complexity index is 862. The van der Waals surface area contributed by atoms with E-state index in [9.17, 15) is 4.79 Å². The molecule has 0 atom stereocenters. The van der Waals surface area contributed by atoms with Crippen LogP contribution in [0.25, 0.3) is 10.9 Å². The molecule has 152 valence electrons. The molecule has 1 N–H and O–H groups in total. The van der Waals surface area contributed by atoms with Gasteiger partial charge in [0.25, 0.3) is 5.91 Å². The van der Waals surface area contributed by atoms with E-state index in [-0.39, 0.29) is 5.91 Å². The topological polar surface area (TPSA) is 46.5 Å². The van der Waals surface area contributed by atoms with Crippen LogP contribution in [-0.2, 0) is 24.1 Å². The van der Waals surface area contributed by atoms with Crippen molar-refractivity contribution in [1.82, 2.24) is 14.8 Å². The summed E-state index contributed by atoms with van der Waals surface area (Å²) in [7, 11) is 0. The van der Waals surface area contributed by atoms with E-state index in [0.717, 1.165) is 57.8 Å². The van der Waals surface area contributed by atoms with E-state index in [2.05, 4.69) is 47.7 Å². The molecule has 0 saturated carbocycles. The second-order valence-electron chi connectivity index (χ2n) is 8.95. The molecule has 5 nitrogen and oxygen atoms in total. The lowest BCUT2D eigenvalue weighted by Crippen LogP contribution is -2.41. The Labute approximate surface area is 168 Å². The van der Waals surface area contributed by atoms with Crippen LogP contribution in [0.1, 0.15) is 48.8 Å². The Hall–Kier alpha value is -1.85. The van der Waals surface area contributed by atoms with Crippen LogP contribution in [0.4, 0.5) is 0 Å². The highest BCUT2D eigenvalue weighted by Crippen LogP contribution is 2.40. The summed E-state index contributed by atoms with van der Waals surface area (Å²) >= 11 is 0. The first-order valence-electron chi connectivity index (χ1n) is 10.7. The fourth-order valence-corrected chi connectivity index (χ4v) is 4.74. The van der Waals surface area contributed by atoms with E-state index in [0.29, 0.717) is 12.0 Å². The fourth-order valence-electron chi connectivity index (χ4n) is 4.74. The number of rotatable bonds is 5. The predicted molar refractivity (Wildman–Crippen MR) is 113 cm³/mol. The maximum absolute atomic E-state index is 12.7. The number of carbonyl (C=O) groups excluding carboxylic acids is 1. The zero-order valence-electron chi connectivity index (χ0n) is 17.5. The number of nitrogens with zero attached hydrogens (tertiary/aromatic N) is 2. The summed E-state index contributed by atoms with van der Waals surface area (Å²) in [5, 5.41) is 4.37. The molecule has 1 aliphatic heterocycles. The van der Waals surface area contributed by atoms with Crippen LogP contribution in [0.5, 0.6) is 0 Å². The third kappa shape index (κ3) is 3.83. The lowest BCUT2D eigenvalue weighted by molar-refractivity contribution is 0.0383. The van der Waals surface area contributed by atoms with Gasteiger partial charge in [-0.05, 0) is 55.4 Å². The molecule has 1 fully saturated rings. The minimum atomic E-state index is 0.0308. The van der Waals surface area contributed by atoms with Gasteiger partial charge < -0.3 is 14.6 Å². The van der Waals surface area contributed by atoms with Gasteiger partial charge in [-0.15, -0.1) is 0 Å². The lowest BCUT2D eigenvalue weighted by Gasteiger charge is -2.30. The first kappa shape index (κ1) is 19.5. The summed E-state index contributed by atoms with van der Waals surface area (Å²) in [6.07, 6.45) is 3.45. The molecule has 1 aromatic carbocycles. The van der Waals surface area contributed by atoms with E-state index in [1.54, 1.807) is 0 Å². The van der Waals surface area contributed by atoms with Crippen molar-refractivity contribution in [3.8, 4) is 0 Å². The summed E-state index contributed by atoms with van der Waals surface area (Å²) in [4.78, 5) is 15.1. The SMILES string of the molecule is CCn1c2c(c3cc(C(=O)NCCN4CCOCC4)ccc31)CC(C)(C)CC2. The lowest BCUT2D eigenvalue weighted by atomic mass is 9.76. The van der Waals surface area contributed by atoms with Crippen molar-refractivity contribution >= 4 is 16.8 Å². The third-order valence-electron chi connectivity index (χ3n) is 6.38. The number of amides is 1. The van der Waals surface area contributed by atoms with Gasteiger partial charge in [-0.1, -0.05) is 13.8 Å². The molecule has 0 bridgehead atoms. The monoisotopic (exact) mass is 383 g/mol. The number of aryl methyl sites for hydroxylation is 1. The highest BCUT2D eigenvalue weighted by Gasteiger charge is 2.30. The first-order chi connectivity index (χ1) is 13.5. The van der Waals surface area contributed by atoms with E-state index in [1.807, 2.05) is 6.07 Å². The number of hydrogen-bond acceptors (Lipinski definition) is 3. The maximum atomic E-state index is 12.7. The van der Waals surface area contributed by atoms with Crippen molar-refractivity contribution in [2.75, 3.05) is 39.4 Å². The van der Waals surface area contributed by atoms with Gasteiger partial charge in [-0.25, -0.2) is 0 Å². The van der Waals surface area contributed by atoms with Crippen LogP contribution in [0, 0.1) is 5.41 Å². The molecule has 0 spiro atoms. The summed E-state index contributed by atoms with van der Waals surface area (Å²) in [5.74, 6) is 0.0308. The van der Waals surface area contributed by atoms with Crippen LogP contribution < -0.4 is 5.32 Å². The Morgan fingerprint density at radius 1 is 1.25 bits per heavy atom. The van der Waals surface area contributed by atoms with Gasteiger partial charge in [0.15, 0.2) is 0 Å². The Morgan fingerprint density at radius 2 is 2.04 bits per heavy atom. The highest BCUT2D eigenvalue weighted by atomic mass is 16.5. The van der Waals surface area contributed by atoms with Gasteiger partial charge >= 0.3 is 0 Å². The molecular weight excluding hydrogens is 350 g/mol. The van der Waals surface area contributed by atoms with Gasteiger partial charge in [-0.2, -0.15) is 0 Å². The zero-order chi connectivity index (χ0) is 19.7. The molecule has 28 heavy (non-hydrogen) atoms. The van der Waals surface area contributed by atoms with Crippen LogP contribution in [0.15, 0.2) is 18.2 Å². The number of ether oxygens (including phenoxy) is 1. The van der Waals surface area contributed by atoms with Gasteiger partial charge in [0.05, 0.1) is 13.2 Å². The van der Waals surface area contributed by atoms with E-state index in [4.69, 9.17) is 4.74 Å². The minimum absolute atomic E-state index is 0.0308. The van der Waals surface area contributed by atoms with Crippen LogP contribution in [-0.4, -0.2) is 54.8 Å². The maximum Gasteiger partial charge on any atom is 0.251 e. The number of aromatic nitrogens is 1. The minimum Gasteiger partial charge on any atom is -0.379 e. The molecule has 2 aromatic rings. The van der Waals surface area contributed by atoms with Crippen molar-refractivity contribution < 1.29 is 9.53 Å². The van der Waals surface area contributed by atoms with E-state index >= 15 is 0 Å². The fraction of sp³-hybridized carbons (Fsp3) is 0.609. The summed E-state index contributed by atoms with van der Waals surface area (Å²) in [6, 6.07) is 6.24. The first-order valence-corrected chi connectivity index (χ1v) is 10.7. The molecule has 1 aliphatic carbocycles. The Kier molecular flexibility index (Phi) is 5.48. The van der Waals surface area contributed by atoms with Crippen LogP contribution in [0.3, 0.4) is 0 Å². The Balaban J connectivity index is 1.53. The molecule has 4 rings (SSSR count). The van der Waals surface area contributed by atoms with Gasteiger partial charge in [0.2, 0.25) is 0 Å². The second-order valence-corrected chi connectivity index (χ2v) is 8.95. The molecule has 1 aromatic heterocycles. The average Bonchev–Trinajstić information content (AvgIpc) is 2.99. The quantitative estimate of drug-likeness (QED) is 0.862. The molecular formula is C23H33N3O2. The smallest absolute Gasteiger partial charge is 0.251 e. The molecule has 0 unspecified atom stereocenters. The van der Waals surface area contributed by atoms with E-state index in [1.165, 1.54) is 28.6 Å². The summed E-state index contributed by atoms with van der Waals surface area (Å²) in [6.45, 7) is 13.0. The number of morpholine rings is 1. The van der Waals surface area contributed by atoms with Gasteiger partial charge in [0.1, 0.15) is 0 Å². The highest BCUT2D eigenvalue weighted by molar-refractivity contribution is 5.99. The number of carbonyl (C=O) groups is 1. The van der Waals surface area contributed by atoms with Crippen LogP contribution >= 0.6 is 0 Å². The molecule has 0 radical (unpaired) electrons. The summed E-state index contributed by atoms with van der Waals surface area (Å²) in [5.41, 5.74) is 5.30. The standard InChI is InChI=1S/C23H33N3O2/c1-4-26-20-6-5-17(22(27)24-9-10-25-11-13-28-14-12-25)15-18(20)19-16-23(2,3)8-7-21(19)26/h5-6,15H,4,7-14,16H2,1-3H3,(H,24,27).